The summed E-state index contributed by atoms with van der Waals surface area (Å²) in [5, 5.41) is 2.99. The number of hydrogen-bond donors (Lipinski definition) is 1. The molecule has 3 rings (SSSR count). The maximum Gasteiger partial charge on any atom is 0.251 e. The van der Waals surface area contributed by atoms with Gasteiger partial charge in [0.25, 0.3) is 5.91 Å². The van der Waals surface area contributed by atoms with Crippen molar-refractivity contribution in [3.8, 4) is 5.75 Å². The zero-order valence-corrected chi connectivity index (χ0v) is 16.6. The fourth-order valence-corrected chi connectivity index (χ4v) is 3.29. The van der Waals surface area contributed by atoms with Crippen LogP contribution in [-0.4, -0.2) is 50.3 Å². The number of carbonyl (C=O) groups is 1. The summed E-state index contributed by atoms with van der Waals surface area (Å²) in [6.45, 7) is 3.92. The van der Waals surface area contributed by atoms with Crippen LogP contribution in [0, 0.1) is 0 Å². The third kappa shape index (κ3) is 6.66. The Morgan fingerprint density at radius 1 is 1.18 bits per heavy atom. The van der Waals surface area contributed by atoms with Crippen molar-refractivity contribution >= 4 is 5.91 Å². The van der Waals surface area contributed by atoms with E-state index >= 15 is 0 Å². The minimum atomic E-state index is -0.0450. The molecule has 5 heteroatoms. The SMILES string of the molecule is CN(CCCNC(=O)c1ccc(OCC2CCCO2)cc1)Cc1ccccc1. The largest absolute Gasteiger partial charge is 0.491 e. The van der Waals surface area contributed by atoms with Gasteiger partial charge in [-0.15, -0.1) is 0 Å². The molecule has 1 fully saturated rings. The predicted molar refractivity (Wildman–Crippen MR) is 111 cm³/mol. The van der Waals surface area contributed by atoms with Crippen molar-refractivity contribution in [3.63, 3.8) is 0 Å². The van der Waals surface area contributed by atoms with Crippen molar-refractivity contribution in [3.05, 3.63) is 65.7 Å². The summed E-state index contributed by atoms with van der Waals surface area (Å²) in [5.41, 5.74) is 1.96. The Bertz CT molecular complexity index is 712. The van der Waals surface area contributed by atoms with Crippen molar-refractivity contribution in [2.75, 3.05) is 33.4 Å². The lowest BCUT2D eigenvalue weighted by Crippen LogP contribution is -2.28. The van der Waals surface area contributed by atoms with Crippen LogP contribution in [0.5, 0.6) is 5.75 Å². The van der Waals surface area contributed by atoms with Crippen molar-refractivity contribution in [2.45, 2.75) is 31.9 Å². The van der Waals surface area contributed by atoms with E-state index in [2.05, 4.69) is 41.5 Å². The van der Waals surface area contributed by atoms with E-state index in [1.165, 1.54) is 5.56 Å². The van der Waals surface area contributed by atoms with Crippen LogP contribution in [0.15, 0.2) is 54.6 Å². The second kappa shape index (κ2) is 10.8. The zero-order chi connectivity index (χ0) is 19.6. The van der Waals surface area contributed by atoms with Gasteiger partial charge in [0, 0.05) is 25.3 Å². The monoisotopic (exact) mass is 382 g/mol. The number of nitrogens with one attached hydrogen (secondary N) is 1. The summed E-state index contributed by atoms with van der Waals surface area (Å²) < 4.78 is 11.3. The summed E-state index contributed by atoms with van der Waals surface area (Å²) in [7, 11) is 2.10. The molecule has 2 aromatic rings. The van der Waals surface area contributed by atoms with Gasteiger partial charge in [-0.25, -0.2) is 0 Å². The Labute approximate surface area is 167 Å². The Kier molecular flexibility index (Phi) is 7.88. The van der Waals surface area contributed by atoms with Crippen LogP contribution in [0.2, 0.25) is 0 Å². The summed E-state index contributed by atoms with van der Waals surface area (Å²) in [5.74, 6) is 0.728. The minimum Gasteiger partial charge on any atom is -0.491 e. The van der Waals surface area contributed by atoms with Gasteiger partial charge in [0.1, 0.15) is 12.4 Å². The Balaban J connectivity index is 1.32. The highest BCUT2D eigenvalue weighted by molar-refractivity contribution is 5.94. The lowest BCUT2D eigenvalue weighted by Gasteiger charge is -2.16. The summed E-state index contributed by atoms with van der Waals surface area (Å²) >= 11 is 0. The molecule has 1 N–H and O–H groups in total. The highest BCUT2D eigenvalue weighted by atomic mass is 16.5. The number of benzene rings is 2. The molecule has 1 aliphatic heterocycles. The van der Waals surface area contributed by atoms with Gasteiger partial charge in [0.15, 0.2) is 0 Å². The first-order valence-electron chi connectivity index (χ1n) is 10.1. The zero-order valence-electron chi connectivity index (χ0n) is 16.6. The molecule has 1 aliphatic rings. The van der Waals surface area contributed by atoms with Gasteiger partial charge in [0.05, 0.1) is 6.10 Å². The molecule has 5 nitrogen and oxygen atoms in total. The second-order valence-corrected chi connectivity index (χ2v) is 7.30. The van der Waals surface area contributed by atoms with E-state index in [0.29, 0.717) is 18.7 Å². The van der Waals surface area contributed by atoms with Crippen molar-refractivity contribution in [1.82, 2.24) is 10.2 Å². The number of hydrogen-bond acceptors (Lipinski definition) is 4. The van der Waals surface area contributed by atoms with E-state index in [0.717, 1.165) is 44.7 Å². The molecule has 0 bridgehead atoms. The average molecular weight is 383 g/mol. The van der Waals surface area contributed by atoms with Gasteiger partial charge in [-0.1, -0.05) is 30.3 Å². The van der Waals surface area contributed by atoms with E-state index in [9.17, 15) is 4.79 Å². The number of carbonyl (C=O) groups excluding carboxylic acids is 1. The summed E-state index contributed by atoms with van der Waals surface area (Å²) in [4.78, 5) is 14.5. The van der Waals surface area contributed by atoms with E-state index in [1.807, 2.05) is 30.3 Å². The van der Waals surface area contributed by atoms with Crippen LogP contribution in [0.1, 0.15) is 35.2 Å². The lowest BCUT2D eigenvalue weighted by molar-refractivity contribution is 0.0679. The lowest BCUT2D eigenvalue weighted by atomic mass is 10.2. The smallest absolute Gasteiger partial charge is 0.251 e. The van der Waals surface area contributed by atoms with E-state index in [4.69, 9.17) is 9.47 Å². The highest BCUT2D eigenvalue weighted by Gasteiger charge is 2.16. The molecule has 1 atom stereocenters. The number of ether oxygens (including phenoxy) is 2. The normalized spacial score (nSPS) is 16.3. The molecule has 0 aliphatic carbocycles. The summed E-state index contributed by atoms with van der Waals surface area (Å²) in [6, 6.07) is 17.7. The number of rotatable bonds is 10. The fourth-order valence-electron chi connectivity index (χ4n) is 3.29. The third-order valence-electron chi connectivity index (χ3n) is 4.87. The molecular weight excluding hydrogens is 352 g/mol. The average Bonchev–Trinajstić information content (AvgIpc) is 3.24. The fraction of sp³-hybridized carbons (Fsp3) is 0.435. The predicted octanol–water partition coefficient (Wildman–Crippen LogP) is 3.50. The van der Waals surface area contributed by atoms with Crippen LogP contribution in [-0.2, 0) is 11.3 Å². The van der Waals surface area contributed by atoms with Gasteiger partial charge < -0.3 is 19.7 Å². The third-order valence-corrected chi connectivity index (χ3v) is 4.87. The van der Waals surface area contributed by atoms with Crippen LogP contribution in [0.4, 0.5) is 0 Å². The van der Waals surface area contributed by atoms with Gasteiger partial charge in [0.2, 0.25) is 0 Å². The van der Waals surface area contributed by atoms with Crippen LogP contribution in [0.3, 0.4) is 0 Å². The van der Waals surface area contributed by atoms with E-state index in [1.54, 1.807) is 0 Å². The topological polar surface area (TPSA) is 50.8 Å². The molecule has 150 valence electrons. The van der Waals surface area contributed by atoms with Crippen molar-refractivity contribution < 1.29 is 14.3 Å². The van der Waals surface area contributed by atoms with Gasteiger partial charge in [-0.2, -0.15) is 0 Å². The molecule has 1 saturated heterocycles. The van der Waals surface area contributed by atoms with Crippen LogP contribution >= 0.6 is 0 Å². The molecule has 1 amide bonds. The first kappa shape index (κ1) is 20.4. The van der Waals surface area contributed by atoms with E-state index < -0.39 is 0 Å². The first-order chi connectivity index (χ1) is 13.7. The molecular formula is C23H30N2O3. The van der Waals surface area contributed by atoms with Crippen molar-refractivity contribution in [1.29, 1.82) is 0 Å². The summed E-state index contributed by atoms with van der Waals surface area (Å²) in [6.07, 6.45) is 3.27. The molecule has 0 saturated carbocycles. The molecule has 0 radical (unpaired) electrons. The first-order valence-corrected chi connectivity index (χ1v) is 10.1. The Morgan fingerprint density at radius 3 is 2.68 bits per heavy atom. The standard InChI is InChI=1S/C23H30N2O3/c1-25(17-19-7-3-2-4-8-19)15-6-14-24-23(26)20-10-12-21(13-11-20)28-18-22-9-5-16-27-22/h2-4,7-8,10-13,22H,5-6,9,14-18H2,1H3,(H,24,26). The molecule has 2 aromatic carbocycles. The number of nitrogens with zero attached hydrogens (tertiary/aromatic N) is 1. The van der Waals surface area contributed by atoms with Crippen LogP contribution in [0.25, 0.3) is 0 Å². The van der Waals surface area contributed by atoms with Gasteiger partial charge in [-0.05, 0) is 62.7 Å². The Hall–Kier alpha value is -2.37. The van der Waals surface area contributed by atoms with Gasteiger partial charge >= 0.3 is 0 Å². The highest BCUT2D eigenvalue weighted by Crippen LogP contribution is 2.16. The molecule has 0 spiro atoms. The van der Waals surface area contributed by atoms with Crippen LogP contribution < -0.4 is 10.1 Å². The quantitative estimate of drug-likeness (QED) is 0.639. The Morgan fingerprint density at radius 2 is 1.96 bits per heavy atom. The number of amides is 1. The maximum atomic E-state index is 12.3. The van der Waals surface area contributed by atoms with Crippen molar-refractivity contribution in [2.24, 2.45) is 0 Å². The molecule has 1 heterocycles. The maximum absolute atomic E-state index is 12.3. The molecule has 0 aromatic heterocycles. The molecule has 28 heavy (non-hydrogen) atoms. The molecule has 1 unspecified atom stereocenters. The van der Waals surface area contributed by atoms with Gasteiger partial charge in [-0.3, -0.25) is 4.79 Å². The minimum absolute atomic E-state index is 0.0450. The second-order valence-electron chi connectivity index (χ2n) is 7.30. The van der Waals surface area contributed by atoms with E-state index in [-0.39, 0.29) is 12.0 Å².